The second-order valence-electron chi connectivity index (χ2n) is 4.69. The molecule has 1 atom stereocenters. The smallest absolute Gasteiger partial charge is 0.326 e. The third-order valence-corrected chi connectivity index (χ3v) is 2.81. The van der Waals surface area contributed by atoms with E-state index in [1.165, 1.54) is 0 Å². The van der Waals surface area contributed by atoms with Crippen LogP contribution in [0.25, 0.3) is 11.4 Å². The number of aromatic nitrogens is 3. The van der Waals surface area contributed by atoms with Crippen molar-refractivity contribution < 1.29 is 18.0 Å². The monoisotopic (exact) mass is 313 g/mol. The molecule has 2 rings (SSSR count). The number of aromatic amines is 1. The Morgan fingerprint density at radius 1 is 1.36 bits per heavy atom. The lowest BCUT2D eigenvalue weighted by Crippen LogP contribution is -2.44. The van der Waals surface area contributed by atoms with Crippen molar-refractivity contribution in [2.75, 3.05) is 5.32 Å². The predicted octanol–water partition coefficient (Wildman–Crippen LogP) is 2.85. The highest BCUT2D eigenvalue weighted by Gasteiger charge is 2.36. The van der Waals surface area contributed by atoms with Gasteiger partial charge in [-0.3, -0.25) is 5.10 Å². The summed E-state index contributed by atoms with van der Waals surface area (Å²) in [6.45, 7) is 2.61. The normalized spacial score (nSPS) is 12.8. The van der Waals surface area contributed by atoms with Gasteiger partial charge in [0, 0.05) is 11.3 Å². The van der Waals surface area contributed by atoms with E-state index in [2.05, 4.69) is 20.5 Å². The Labute approximate surface area is 124 Å². The van der Waals surface area contributed by atoms with Gasteiger partial charge in [-0.25, -0.2) is 9.78 Å². The second kappa shape index (κ2) is 6.04. The van der Waals surface area contributed by atoms with Crippen molar-refractivity contribution in [3.8, 4) is 11.4 Å². The molecule has 0 aliphatic carbocycles. The van der Waals surface area contributed by atoms with Gasteiger partial charge in [0.2, 0.25) is 0 Å². The van der Waals surface area contributed by atoms with Gasteiger partial charge in [-0.15, -0.1) is 0 Å². The first kappa shape index (κ1) is 15.8. The Morgan fingerprint density at radius 2 is 2.09 bits per heavy atom. The summed E-state index contributed by atoms with van der Waals surface area (Å²) in [6, 6.07) is 3.62. The fraction of sp³-hybridized carbons (Fsp3) is 0.308. The van der Waals surface area contributed by atoms with Gasteiger partial charge in [0.15, 0.2) is 5.82 Å². The lowest BCUT2D eigenvalue weighted by molar-refractivity contribution is -0.148. The molecule has 1 aromatic carbocycles. The van der Waals surface area contributed by atoms with Crippen LogP contribution in [0.1, 0.15) is 12.7 Å². The number of alkyl halides is 3. The fourth-order valence-corrected chi connectivity index (χ4v) is 1.65. The number of halogens is 3. The van der Waals surface area contributed by atoms with Gasteiger partial charge in [0.05, 0.1) is 0 Å². The SMILES string of the molecule is Cc1nc(-c2cccc(NC(=O)NC(C)C(F)(F)F)c2)n[nH]1. The van der Waals surface area contributed by atoms with Crippen molar-refractivity contribution >= 4 is 11.7 Å². The third kappa shape index (κ3) is 3.96. The van der Waals surface area contributed by atoms with Gasteiger partial charge in [-0.1, -0.05) is 12.1 Å². The number of carbonyl (C=O) groups is 1. The number of amides is 2. The molecule has 0 saturated heterocycles. The van der Waals surface area contributed by atoms with Crippen LogP contribution in [-0.4, -0.2) is 33.4 Å². The first-order chi connectivity index (χ1) is 10.3. The molecule has 2 amide bonds. The minimum atomic E-state index is -4.49. The van der Waals surface area contributed by atoms with Gasteiger partial charge >= 0.3 is 12.2 Å². The maximum atomic E-state index is 12.4. The fourth-order valence-electron chi connectivity index (χ4n) is 1.65. The molecule has 0 bridgehead atoms. The largest absolute Gasteiger partial charge is 0.408 e. The van der Waals surface area contributed by atoms with Crippen molar-refractivity contribution in [2.45, 2.75) is 26.1 Å². The van der Waals surface area contributed by atoms with Crippen LogP contribution in [0, 0.1) is 6.92 Å². The number of urea groups is 1. The van der Waals surface area contributed by atoms with Crippen molar-refractivity contribution in [3.63, 3.8) is 0 Å². The number of nitrogens with zero attached hydrogens (tertiary/aromatic N) is 2. The number of anilines is 1. The summed E-state index contributed by atoms with van der Waals surface area (Å²) in [5, 5.41) is 10.8. The molecule has 0 radical (unpaired) electrons. The highest BCUT2D eigenvalue weighted by Crippen LogP contribution is 2.21. The Kier molecular flexibility index (Phi) is 4.34. The molecular weight excluding hydrogens is 299 g/mol. The molecular formula is C13H14F3N5O. The summed E-state index contributed by atoms with van der Waals surface area (Å²) >= 11 is 0. The van der Waals surface area contributed by atoms with Crippen LogP contribution >= 0.6 is 0 Å². The van der Waals surface area contributed by atoms with Gasteiger partial charge < -0.3 is 10.6 Å². The van der Waals surface area contributed by atoms with Gasteiger partial charge in [0.1, 0.15) is 11.9 Å². The molecule has 118 valence electrons. The average molecular weight is 313 g/mol. The number of hydrogen-bond acceptors (Lipinski definition) is 3. The van der Waals surface area contributed by atoms with E-state index in [0.29, 0.717) is 22.9 Å². The zero-order chi connectivity index (χ0) is 16.3. The zero-order valence-corrected chi connectivity index (χ0v) is 11.8. The van der Waals surface area contributed by atoms with Gasteiger partial charge in [-0.05, 0) is 26.0 Å². The number of H-pyrrole nitrogens is 1. The highest BCUT2D eigenvalue weighted by atomic mass is 19.4. The third-order valence-electron chi connectivity index (χ3n) is 2.81. The number of nitrogens with one attached hydrogen (secondary N) is 3. The lowest BCUT2D eigenvalue weighted by Gasteiger charge is -2.17. The molecule has 0 saturated carbocycles. The molecule has 2 aromatic rings. The number of carbonyl (C=O) groups excluding carboxylic acids is 1. The van der Waals surface area contributed by atoms with Crippen LogP contribution in [0.5, 0.6) is 0 Å². The Hall–Kier alpha value is -2.58. The molecule has 22 heavy (non-hydrogen) atoms. The molecule has 0 aliphatic rings. The maximum absolute atomic E-state index is 12.4. The van der Waals surface area contributed by atoms with E-state index in [0.717, 1.165) is 6.92 Å². The molecule has 6 nitrogen and oxygen atoms in total. The van der Waals surface area contributed by atoms with Crippen LogP contribution in [0.2, 0.25) is 0 Å². The van der Waals surface area contributed by atoms with Gasteiger partial charge in [-0.2, -0.15) is 18.3 Å². The predicted molar refractivity (Wildman–Crippen MR) is 74.2 cm³/mol. The Balaban J connectivity index is 2.06. The first-order valence-corrected chi connectivity index (χ1v) is 6.39. The summed E-state index contributed by atoms with van der Waals surface area (Å²) in [4.78, 5) is 15.7. The van der Waals surface area contributed by atoms with Crippen LogP contribution in [-0.2, 0) is 0 Å². The van der Waals surface area contributed by atoms with E-state index in [4.69, 9.17) is 0 Å². The van der Waals surface area contributed by atoms with E-state index < -0.39 is 18.2 Å². The topological polar surface area (TPSA) is 82.7 Å². The van der Waals surface area contributed by atoms with Crippen LogP contribution in [0.3, 0.4) is 0 Å². The maximum Gasteiger partial charge on any atom is 0.408 e. The molecule has 1 heterocycles. The van der Waals surface area contributed by atoms with E-state index in [1.807, 2.05) is 5.32 Å². The average Bonchev–Trinajstić information content (AvgIpc) is 2.84. The van der Waals surface area contributed by atoms with Crippen molar-refractivity contribution in [3.05, 3.63) is 30.1 Å². The molecule has 1 aromatic heterocycles. The Bertz CT molecular complexity index is 668. The molecule has 0 fully saturated rings. The number of aryl methyl sites for hydroxylation is 1. The number of benzene rings is 1. The molecule has 0 spiro atoms. The second-order valence-corrected chi connectivity index (χ2v) is 4.69. The quantitative estimate of drug-likeness (QED) is 0.815. The van der Waals surface area contributed by atoms with E-state index in [9.17, 15) is 18.0 Å². The van der Waals surface area contributed by atoms with Crippen LogP contribution < -0.4 is 10.6 Å². The molecule has 0 aliphatic heterocycles. The number of hydrogen-bond donors (Lipinski definition) is 3. The summed E-state index contributed by atoms with van der Waals surface area (Å²) in [6.07, 6.45) is -4.49. The lowest BCUT2D eigenvalue weighted by atomic mass is 10.2. The van der Waals surface area contributed by atoms with Gasteiger partial charge in [0.25, 0.3) is 0 Å². The summed E-state index contributed by atoms with van der Waals surface area (Å²) < 4.78 is 37.1. The summed E-state index contributed by atoms with van der Waals surface area (Å²) in [7, 11) is 0. The standard InChI is InChI=1S/C13H14F3N5O/c1-7(13(14,15)16)17-12(22)19-10-5-3-4-9(6-10)11-18-8(2)20-21-11/h3-7H,1-2H3,(H2,17,19,22)(H,18,20,21). The minimum Gasteiger partial charge on any atom is -0.326 e. The van der Waals surface area contributed by atoms with Crippen molar-refractivity contribution in [1.82, 2.24) is 20.5 Å². The van der Waals surface area contributed by atoms with Crippen LogP contribution in [0.4, 0.5) is 23.7 Å². The summed E-state index contributed by atoms with van der Waals surface area (Å²) in [5.41, 5.74) is 0.970. The van der Waals surface area contributed by atoms with E-state index in [1.54, 1.807) is 31.2 Å². The summed E-state index contributed by atoms with van der Waals surface area (Å²) in [5.74, 6) is 1.07. The number of rotatable bonds is 3. The highest BCUT2D eigenvalue weighted by molar-refractivity contribution is 5.90. The van der Waals surface area contributed by atoms with Crippen LogP contribution in [0.15, 0.2) is 24.3 Å². The first-order valence-electron chi connectivity index (χ1n) is 6.39. The zero-order valence-electron chi connectivity index (χ0n) is 11.8. The molecule has 3 N–H and O–H groups in total. The molecule has 9 heteroatoms. The Morgan fingerprint density at radius 3 is 2.68 bits per heavy atom. The van der Waals surface area contributed by atoms with E-state index >= 15 is 0 Å². The van der Waals surface area contributed by atoms with Crippen molar-refractivity contribution in [1.29, 1.82) is 0 Å². The van der Waals surface area contributed by atoms with Crippen molar-refractivity contribution in [2.24, 2.45) is 0 Å². The van der Waals surface area contributed by atoms with E-state index in [-0.39, 0.29) is 0 Å². The minimum absolute atomic E-state index is 0.340. The molecule has 1 unspecified atom stereocenters.